The molecule has 3 nitrogen and oxygen atoms in total. The Hall–Kier alpha value is -0.120. The zero-order valence-electron chi connectivity index (χ0n) is 35.7. The van der Waals surface area contributed by atoms with Crippen LogP contribution in [0.5, 0.6) is 0 Å². The molecular formula is C44H100N3+3. The maximum Gasteiger partial charge on any atom is 0.0786 e. The van der Waals surface area contributed by atoms with Crippen LogP contribution in [0.25, 0.3) is 0 Å². The summed E-state index contributed by atoms with van der Waals surface area (Å²) in [5.74, 6) is 0. The quantitative estimate of drug-likeness (QED) is 0.0663. The summed E-state index contributed by atoms with van der Waals surface area (Å²) in [6.07, 6.45) is 30.4. The molecule has 0 bridgehead atoms. The summed E-state index contributed by atoms with van der Waals surface area (Å²) in [6.45, 7) is 41.1. The Kier molecular flexibility index (Phi) is 44.0. The van der Waals surface area contributed by atoms with Crippen molar-refractivity contribution in [2.24, 2.45) is 0 Å². The Morgan fingerprint density at radius 2 is 0.383 bits per heavy atom. The number of quaternary nitrogens is 3. The topological polar surface area (TPSA) is 4.44 Å². The van der Waals surface area contributed by atoms with Crippen LogP contribution in [0.3, 0.4) is 0 Å². The van der Waals surface area contributed by atoms with Gasteiger partial charge in [0.25, 0.3) is 0 Å². The van der Waals surface area contributed by atoms with E-state index in [0.717, 1.165) is 0 Å². The van der Waals surface area contributed by atoms with Crippen molar-refractivity contribution in [1.82, 2.24) is 0 Å². The van der Waals surface area contributed by atoms with Gasteiger partial charge in [0.2, 0.25) is 0 Å². The minimum atomic E-state index is 1.35. The Bertz CT molecular complexity index is 418. The van der Waals surface area contributed by atoms with Gasteiger partial charge >= 0.3 is 0 Å². The van der Waals surface area contributed by atoms with Gasteiger partial charge < -0.3 is 13.9 Å². The summed E-state index contributed by atoms with van der Waals surface area (Å²) < 4.78 is 2.84. The average Bonchev–Trinajstić information content (AvgIpc) is 3.10. The van der Waals surface area contributed by atoms with Crippen LogP contribution in [0, 0.1) is 0 Å². The van der Waals surface area contributed by atoms with Crippen LogP contribution >= 0.6 is 0 Å². The first-order valence-electron chi connectivity index (χ1n) is 22.4. The highest BCUT2D eigenvalue weighted by molar-refractivity contribution is 4.50. The van der Waals surface area contributed by atoms with E-state index in [9.17, 15) is 0 Å². The van der Waals surface area contributed by atoms with Crippen LogP contribution in [0.15, 0.2) is 0 Å². The van der Waals surface area contributed by atoms with E-state index in [-0.39, 0.29) is 0 Å². The van der Waals surface area contributed by atoms with Gasteiger partial charge in [0.15, 0.2) is 0 Å². The molecule has 0 aliphatic rings. The summed E-state index contributed by atoms with van der Waals surface area (Å²) in [4.78, 5) is 1.84. The Morgan fingerprint density at radius 3 is 0.511 bits per heavy atom. The molecule has 3 heteroatoms. The number of nitrogens with zero attached hydrogens (tertiary/aromatic N) is 2. The number of hydrogen-bond donors (Lipinski definition) is 1. The molecule has 0 amide bonds. The standard InChI is InChI=1S/2C16H36N.C12H27N/c2*1-5-9-13-17(14-10-6-2,15-11-7-3)16-12-8-4;1-4-7-10-13(11-8-5-2)12-9-6-3/h2*5-16H2,1-4H3;4-12H2,1-3H3/q2*+1;/p+1. The molecule has 0 aromatic carbocycles. The van der Waals surface area contributed by atoms with Crippen LogP contribution in [-0.4, -0.2) is 81.0 Å². The summed E-state index contributed by atoms with van der Waals surface area (Å²) in [6, 6.07) is 0. The van der Waals surface area contributed by atoms with Gasteiger partial charge in [-0.15, -0.1) is 0 Å². The molecule has 0 atom stereocenters. The molecule has 0 aliphatic carbocycles. The Labute approximate surface area is 302 Å². The van der Waals surface area contributed by atoms with Crippen molar-refractivity contribution in [2.75, 3.05) is 72.0 Å². The maximum atomic E-state index is 2.33. The lowest BCUT2D eigenvalue weighted by Crippen LogP contribution is -3.12. The van der Waals surface area contributed by atoms with Gasteiger partial charge in [-0.3, -0.25) is 0 Å². The fraction of sp³-hybridized carbons (Fsp3) is 1.00. The fourth-order valence-electron chi connectivity index (χ4n) is 6.95. The molecule has 0 saturated carbocycles. The lowest BCUT2D eigenvalue weighted by atomic mass is 10.1. The third-order valence-electron chi connectivity index (χ3n) is 10.5. The molecule has 0 aromatic heterocycles. The van der Waals surface area contributed by atoms with E-state index in [1.165, 1.54) is 222 Å². The second kappa shape index (κ2) is 40.3. The molecule has 0 fully saturated rings. The molecule has 1 N–H and O–H groups in total. The van der Waals surface area contributed by atoms with E-state index in [2.05, 4.69) is 76.2 Å². The highest BCUT2D eigenvalue weighted by atomic mass is 15.4. The zero-order chi connectivity index (χ0) is 35.9. The third-order valence-corrected chi connectivity index (χ3v) is 10.5. The molecule has 0 unspecified atom stereocenters. The van der Waals surface area contributed by atoms with Crippen LogP contribution < -0.4 is 4.90 Å². The first-order valence-corrected chi connectivity index (χ1v) is 22.4. The summed E-state index contributed by atoms with van der Waals surface area (Å²) in [5, 5.41) is 0. The number of hydrogen-bond acceptors (Lipinski definition) is 0. The van der Waals surface area contributed by atoms with Crippen LogP contribution in [0.1, 0.15) is 217 Å². The minimum absolute atomic E-state index is 1.35. The number of rotatable bonds is 33. The van der Waals surface area contributed by atoms with E-state index < -0.39 is 0 Å². The fourth-order valence-corrected chi connectivity index (χ4v) is 6.95. The van der Waals surface area contributed by atoms with Gasteiger partial charge in [0.1, 0.15) is 0 Å². The first kappa shape index (κ1) is 51.3. The Balaban J connectivity index is -0.000000625. The van der Waals surface area contributed by atoms with Crippen molar-refractivity contribution in [3.8, 4) is 0 Å². The maximum absolute atomic E-state index is 2.33. The average molecular weight is 671 g/mol. The van der Waals surface area contributed by atoms with Gasteiger partial charge in [0.05, 0.1) is 72.0 Å². The Morgan fingerprint density at radius 1 is 0.234 bits per heavy atom. The predicted molar refractivity (Wildman–Crippen MR) is 219 cm³/mol. The van der Waals surface area contributed by atoms with Gasteiger partial charge in [0, 0.05) is 0 Å². The van der Waals surface area contributed by atoms with E-state index in [1.54, 1.807) is 0 Å². The number of unbranched alkanes of at least 4 members (excludes halogenated alkanes) is 11. The SMILES string of the molecule is CCCC[N+](CCCC)(CCCC)CCCC.CCCC[N+](CCCC)(CCCC)CCCC.CCCC[NH+](CCCC)CCCC. The highest BCUT2D eigenvalue weighted by Crippen LogP contribution is 2.17. The van der Waals surface area contributed by atoms with Crippen molar-refractivity contribution >= 4 is 0 Å². The van der Waals surface area contributed by atoms with E-state index in [0.29, 0.717) is 0 Å². The highest BCUT2D eigenvalue weighted by Gasteiger charge is 2.25. The van der Waals surface area contributed by atoms with Gasteiger partial charge in [-0.2, -0.15) is 0 Å². The van der Waals surface area contributed by atoms with E-state index in [1.807, 2.05) is 4.90 Å². The second-order valence-electron chi connectivity index (χ2n) is 15.4. The number of nitrogens with one attached hydrogen (secondary N) is 1. The molecule has 0 rings (SSSR count). The lowest BCUT2D eigenvalue weighted by Gasteiger charge is -2.39. The largest absolute Gasteiger partial charge is 0.335 e. The van der Waals surface area contributed by atoms with Gasteiger partial charge in [-0.05, 0) is 70.6 Å². The van der Waals surface area contributed by atoms with E-state index >= 15 is 0 Å². The van der Waals surface area contributed by atoms with E-state index in [4.69, 9.17) is 0 Å². The molecule has 0 radical (unpaired) electrons. The van der Waals surface area contributed by atoms with Gasteiger partial charge in [-0.25, -0.2) is 0 Å². The summed E-state index contributed by atoms with van der Waals surface area (Å²) >= 11 is 0. The molecular weight excluding hydrogens is 571 g/mol. The third kappa shape index (κ3) is 32.8. The van der Waals surface area contributed by atoms with Crippen LogP contribution in [0.2, 0.25) is 0 Å². The molecule has 0 saturated heterocycles. The van der Waals surface area contributed by atoms with Gasteiger partial charge in [-0.1, -0.05) is 147 Å². The molecule has 0 heterocycles. The van der Waals surface area contributed by atoms with Crippen LogP contribution in [-0.2, 0) is 0 Å². The van der Waals surface area contributed by atoms with Crippen molar-refractivity contribution < 1.29 is 13.9 Å². The van der Waals surface area contributed by atoms with Crippen molar-refractivity contribution in [3.05, 3.63) is 0 Å². The van der Waals surface area contributed by atoms with Crippen molar-refractivity contribution in [2.45, 2.75) is 217 Å². The smallest absolute Gasteiger partial charge is 0.0786 e. The minimum Gasteiger partial charge on any atom is -0.335 e. The monoisotopic (exact) mass is 671 g/mol. The molecule has 288 valence electrons. The normalized spacial score (nSPS) is 11.7. The van der Waals surface area contributed by atoms with Crippen molar-refractivity contribution in [3.63, 3.8) is 0 Å². The zero-order valence-corrected chi connectivity index (χ0v) is 35.7. The lowest BCUT2D eigenvalue weighted by molar-refractivity contribution is -0.929. The van der Waals surface area contributed by atoms with Crippen molar-refractivity contribution in [1.29, 1.82) is 0 Å². The summed E-state index contributed by atoms with van der Waals surface area (Å²) in [7, 11) is 0. The van der Waals surface area contributed by atoms with Crippen LogP contribution in [0.4, 0.5) is 0 Å². The molecule has 0 aliphatic heterocycles. The second-order valence-corrected chi connectivity index (χ2v) is 15.4. The summed E-state index contributed by atoms with van der Waals surface area (Å²) in [5.41, 5.74) is 0. The first-order chi connectivity index (χ1) is 22.8. The predicted octanol–water partition coefficient (Wildman–Crippen LogP) is 12.3. The molecule has 0 spiro atoms. The molecule has 47 heavy (non-hydrogen) atoms. The molecule has 0 aromatic rings.